The highest BCUT2D eigenvalue weighted by molar-refractivity contribution is 6.42. The van der Waals surface area contributed by atoms with Crippen LogP contribution < -0.4 is 5.32 Å². The number of carbonyl (C=O) groups excluding carboxylic acids is 2. The first-order valence-corrected chi connectivity index (χ1v) is 7.24. The first-order chi connectivity index (χ1) is 9.47. The number of likely N-dealkylation sites (tertiary alicyclic amines) is 1. The minimum Gasteiger partial charge on any atom is -0.342 e. The van der Waals surface area contributed by atoms with Crippen molar-refractivity contribution < 1.29 is 9.59 Å². The van der Waals surface area contributed by atoms with Crippen molar-refractivity contribution in [2.24, 2.45) is 5.92 Å². The molecule has 20 heavy (non-hydrogen) atoms. The predicted octanol–water partition coefficient (Wildman–Crippen LogP) is 3.19. The zero-order chi connectivity index (χ0) is 14.7. The number of anilines is 1. The Labute approximate surface area is 128 Å². The molecule has 1 aliphatic rings. The number of hydrogen-bond donors (Lipinski definition) is 1. The fraction of sp³-hybridized carbons (Fsp3) is 0.429. The third-order valence-electron chi connectivity index (χ3n) is 3.42. The molecule has 1 aromatic carbocycles. The lowest BCUT2D eigenvalue weighted by Crippen LogP contribution is -2.42. The van der Waals surface area contributed by atoms with Crippen molar-refractivity contribution in [1.82, 2.24) is 4.90 Å². The number of rotatable bonds is 2. The van der Waals surface area contributed by atoms with Crippen LogP contribution in [0.2, 0.25) is 10.0 Å². The molecule has 4 nitrogen and oxygen atoms in total. The molecule has 2 rings (SSSR count). The maximum absolute atomic E-state index is 12.2. The van der Waals surface area contributed by atoms with E-state index in [1.54, 1.807) is 23.1 Å². The summed E-state index contributed by atoms with van der Waals surface area (Å²) in [6, 6.07) is 4.97. The second-order valence-corrected chi connectivity index (χ2v) is 5.74. The zero-order valence-electron chi connectivity index (χ0n) is 11.2. The minimum atomic E-state index is -0.179. The van der Waals surface area contributed by atoms with Gasteiger partial charge in [-0.15, -0.1) is 0 Å². The molecule has 108 valence electrons. The van der Waals surface area contributed by atoms with Gasteiger partial charge < -0.3 is 10.2 Å². The summed E-state index contributed by atoms with van der Waals surface area (Å²) in [4.78, 5) is 25.3. The van der Waals surface area contributed by atoms with Gasteiger partial charge in [0.2, 0.25) is 11.8 Å². The van der Waals surface area contributed by atoms with Gasteiger partial charge in [0.05, 0.1) is 16.0 Å². The molecule has 1 heterocycles. The SMILES string of the molecule is CC(=O)N1CCCC(C(=O)Nc2ccc(Cl)c(Cl)c2)C1. The Hall–Kier alpha value is -1.26. The van der Waals surface area contributed by atoms with Crippen LogP contribution in [-0.2, 0) is 9.59 Å². The van der Waals surface area contributed by atoms with Gasteiger partial charge in [0.15, 0.2) is 0 Å². The van der Waals surface area contributed by atoms with Crippen LogP contribution in [-0.4, -0.2) is 29.8 Å². The summed E-state index contributed by atoms with van der Waals surface area (Å²) in [5.41, 5.74) is 0.615. The van der Waals surface area contributed by atoms with Crippen LogP contribution in [0.3, 0.4) is 0 Å². The van der Waals surface area contributed by atoms with Gasteiger partial charge in [-0.05, 0) is 31.0 Å². The Morgan fingerprint density at radius 2 is 2.05 bits per heavy atom. The van der Waals surface area contributed by atoms with E-state index in [0.29, 0.717) is 22.3 Å². The zero-order valence-corrected chi connectivity index (χ0v) is 12.7. The monoisotopic (exact) mass is 314 g/mol. The van der Waals surface area contributed by atoms with Crippen molar-refractivity contribution in [3.63, 3.8) is 0 Å². The first kappa shape index (κ1) is 15.1. The standard InChI is InChI=1S/C14H16Cl2N2O2/c1-9(19)18-6-2-3-10(8-18)14(20)17-11-4-5-12(15)13(16)7-11/h4-5,7,10H,2-3,6,8H2,1H3,(H,17,20). The highest BCUT2D eigenvalue weighted by Gasteiger charge is 2.27. The molecule has 0 aromatic heterocycles. The molecular formula is C14H16Cl2N2O2. The van der Waals surface area contributed by atoms with E-state index in [1.165, 1.54) is 6.92 Å². The maximum Gasteiger partial charge on any atom is 0.229 e. The Morgan fingerprint density at radius 1 is 1.30 bits per heavy atom. The fourth-order valence-electron chi connectivity index (χ4n) is 2.30. The van der Waals surface area contributed by atoms with Crippen LogP contribution >= 0.6 is 23.2 Å². The van der Waals surface area contributed by atoms with Gasteiger partial charge >= 0.3 is 0 Å². The quantitative estimate of drug-likeness (QED) is 0.911. The van der Waals surface area contributed by atoms with Crippen molar-refractivity contribution >= 4 is 40.7 Å². The number of hydrogen-bond acceptors (Lipinski definition) is 2. The fourth-order valence-corrected chi connectivity index (χ4v) is 2.59. The van der Waals surface area contributed by atoms with Gasteiger partial charge in [-0.2, -0.15) is 0 Å². The van der Waals surface area contributed by atoms with Crippen LogP contribution in [0, 0.1) is 5.92 Å². The Kier molecular flexibility index (Phi) is 4.89. The molecule has 1 aromatic rings. The number of nitrogens with one attached hydrogen (secondary N) is 1. The molecular weight excluding hydrogens is 299 g/mol. The number of benzene rings is 1. The second-order valence-electron chi connectivity index (χ2n) is 4.92. The Bertz CT molecular complexity index is 534. The van der Waals surface area contributed by atoms with Gasteiger partial charge in [-0.1, -0.05) is 23.2 Å². The van der Waals surface area contributed by atoms with Gasteiger partial charge in [0, 0.05) is 25.7 Å². The average Bonchev–Trinajstić information content (AvgIpc) is 2.43. The highest BCUT2D eigenvalue weighted by Crippen LogP contribution is 2.26. The van der Waals surface area contributed by atoms with Crippen LogP contribution in [0.5, 0.6) is 0 Å². The minimum absolute atomic E-state index is 0.0111. The Balaban J connectivity index is 2.00. The molecule has 1 saturated heterocycles. The van der Waals surface area contributed by atoms with Crippen LogP contribution in [0.1, 0.15) is 19.8 Å². The maximum atomic E-state index is 12.2. The Morgan fingerprint density at radius 3 is 2.70 bits per heavy atom. The second kappa shape index (κ2) is 6.46. The van der Waals surface area contributed by atoms with Gasteiger partial charge in [-0.3, -0.25) is 9.59 Å². The van der Waals surface area contributed by atoms with Gasteiger partial charge in [-0.25, -0.2) is 0 Å². The smallest absolute Gasteiger partial charge is 0.229 e. The van der Waals surface area contributed by atoms with Crippen molar-refractivity contribution in [2.45, 2.75) is 19.8 Å². The van der Waals surface area contributed by atoms with E-state index in [1.807, 2.05) is 0 Å². The average molecular weight is 315 g/mol. The van der Waals surface area contributed by atoms with Crippen molar-refractivity contribution in [2.75, 3.05) is 18.4 Å². The first-order valence-electron chi connectivity index (χ1n) is 6.49. The molecule has 1 unspecified atom stereocenters. The molecule has 0 bridgehead atoms. The van der Waals surface area contributed by atoms with Crippen molar-refractivity contribution in [3.8, 4) is 0 Å². The van der Waals surface area contributed by atoms with Gasteiger partial charge in [0.25, 0.3) is 0 Å². The summed E-state index contributed by atoms with van der Waals surface area (Å²) in [6.07, 6.45) is 1.63. The summed E-state index contributed by atoms with van der Waals surface area (Å²) in [6.45, 7) is 2.73. The summed E-state index contributed by atoms with van der Waals surface area (Å²) in [5, 5.41) is 3.67. The van der Waals surface area contributed by atoms with E-state index in [2.05, 4.69) is 5.32 Å². The molecule has 0 saturated carbocycles. The molecule has 1 aliphatic heterocycles. The van der Waals surface area contributed by atoms with E-state index >= 15 is 0 Å². The molecule has 6 heteroatoms. The summed E-state index contributed by atoms with van der Waals surface area (Å²) in [5.74, 6) is -0.256. The number of piperidine rings is 1. The summed E-state index contributed by atoms with van der Waals surface area (Å²) < 4.78 is 0. The molecule has 1 N–H and O–H groups in total. The lowest BCUT2D eigenvalue weighted by molar-refractivity contribution is -0.132. The molecule has 1 atom stereocenters. The van der Waals surface area contributed by atoms with Crippen molar-refractivity contribution in [1.29, 1.82) is 0 Å². The molecule has 2 amide bonds. The lowest BCUT2D eigenvalue weighted by atomic mass is 9.97. The molecule has 0 spiro atoms. The van der Waals surface area contributed by atoms with Crippen LogP contribution in [0.15, 0.2) is 18.2 Å². The van der Waals surface area contributed by atoms with E-state index < -0.39 is 0 Å². The van der Waals surface area contributed by atoms with Gasteiger partial charge in [0.1, 0.15) is 0 Å². The molecule has 0 aliphatic carbocycles. The third kappa shape index (κ3) is 3.64. The third-order valence-corrected chi connectivity index (χ3v) is 4.16. The topological polar surface area (TPSA) is 49.4 Å². The van der Waals surface area contributed by atoms with Crippen molar-refractivity contribution in [3.05, 3.63) is 28.2 Å². The largest absolute Gasteiger partial charge is 0.342 e. The predicted molar refractivity (Wildman–Crippen MR) is 80.1 cm³/mol. The van der Waals surface area contributed by atoms with E-state index in [-0.39, 0.29) is 17.7 Å². The highest BCUT2D eigenvalue weighted by atomic mass is 35.5. The van der Waals surface area contributed by atoms with E-state index in [4.69, 9.17) is 23.2 Å². The number of nitrogens with zero attached hydrogens (tertiary/aromatic N) is 1. The van der Waals surface area contributed by atoms with E-state index in [9.17, 15) is 9.59 Å². The number of halogens is 2. The van der Waals surface area contributed by atoms with Crippen LogP contribution in [0.4, 0.5) is 5.69 Å². The van der Waals surface area contributed by atoms with Crippen LogP contribution in [0.25, 0.3) is 0 Å². The molecule has 0 radical (unpaired) electrons. The molecule has 1 fully saturated rings. The van der Waals surface area contributed by atoms with E-state index in [0.717, 1.165) is 19.4 Å². The summed E-state index contributed by atoms with van der Waals surface area (Å²) >= 11 is 11.7. The number of carbonyl (C=O) groups is 2. The normalized spacial score (nSPS) is 18.8. The number of amides is 2. The summed E-state index contributed by atoms with van der Waals surface area (Å²) in [7, 11) is 0. The lowest BCUT2D eigenvalue weighted by Gasteiger charge is -2.31.